The van der Waals surface area contributed by atoms with Crippen molar-refractivity contribution in [3.8, 4) is 0 Å². The fraction of sp³-hybridized carbons (Fsp3) is 0.727. The van der Waals surface area contributed by atoms with Crippen molar-refractivity contribution in [3.63, 3.8) is 0 Å². The van der Waals surface area contributed by atoms with Gasteiger partial charge in [-0.15, -0.1) is 0 Å². The quantitative estimate of drug-likeness (QED) is 0.567. The first-order chi connectivity index (χ1) is 6.47. The van der Waals surface area contributed by atoms with Crippen LogP contribution in [0.2, 0.25) is 0 Å². The van der Waals surface area contributed by atoms with E-state index < -0.39 is 0 Å². The molecule has 0 saturated heterocycles. The highest BCUT2D eigenvalue weighted by Gasteiger charge is 2.22. The highest BCUT2D eigenvalue weighted by molar-refractivity contribution is 5.65. The molecule has 0 aromatic carbocycles. The van der Waals surface area contributed by atoms with Crippen LogP contribution in [0.15, 0.2) is 17.5 Å². The molecule has 1 heterocycles. The second kappa shape index (κ2) is 4.45. The standard InChI is InChI=1S/C11H17NO/c1-2-4-6-10(5-3-1)11-9-12-7-8-13-11/h7-11H,1-6H2. The van der Waals surface area contributed by atoms with Crippen molar-refractivity contribution in [1.82, 2.24) is 0 Å². The van der Waals surface area contributed by atoms with Crippen LogP contribution in [-0.2, 0) is 4.74 Å². The monoisotopic (exact) mass is 179 g/mol. The van der Waals surface area contributed by atoms with Crippen LogP contribution >= 0.6 is 0 Å². The minimum absolute atomic E-state index is 0.253. The summed E-state index contributed by atoms with van der Waals surface area (Å²) in [6.45, 7) is 0. The fourth-order valence-corrected chi connectivity index (χ4v) is 2.20. The van der Waals surface area contributed by atoms with Gasteiger partial charge < -0.3 is 4.74 Å². The van der Waals surface area contributed by atoms with Crippen LogP contribution in [-0.4, -0.2) is 12.3 Å². The molecule has 0 amide bonds. The molecule has 0 N–H and O–H groups in total. The molecule has 72 valence electrons. The third-order valence-electron chi connectivity index (χ3n) is 2.98. The van der Waals surface area contributed by atoms with Crippen LogP contribution < -0.4 is 0 Å². The van der Waals surface area contributed by atoms with E-state index in [2.05, 4.69) is 4.99 Å². The van der Waals surface area contributed by atoms with Gasteiger partial charge in [0, 0.05) is 12.1 Å². The summed E-state index contributed by atoms with van der Waals surface area (Å²) in [6, 6.07) is 0. The van der Waals surface area contributed by atoms with Crippen molar-refractivity contribution in [2.24, 2.45) is 10.9 Å². The molecule has 1 unspecified atom stereocenters. The SMILES string of the molecule is C1=COC(C2CCCCCC2)C=N1. The maximum atomic E-state index is 5.54. The summed E-state index contributed by atoms with van der Waals surface area (Å²) >= 11 is 0. The fourth-order valence-electron chi connectivity index (χ4n) is 2.20. The number of nitrogens with zero attached hydrogens (tertiary/aromatic N) is 1. The first-order valence-electron chi connectivity index (χ1n) is 5.30. The lowest BCUT2D eigenvalue weighted by Gasteiger charge is -2.23. The molecule has 0 spiro atoms. The van der Waals surface area contributed by atoms with Gasteiger partial charge in [-0.05, 0) is 12.8 Å². The van der Waals surface area contributed by atoms with E-state index in [4.69, 9.17) is 4.74 Å². The predicted octanol–water partition coefficient (Wildman–Crippen LogP) is 2.90. The first-order valence-corrected chi connectivity index (χ1v) is 5.30. The molecular formula is C11H17NO. The van der Waals surface area contributed by atoms with E-state index in [-0.39, 0.29) is 6.10 Å². The summed E-state index contributed by atoms with van der Waals surface area (Å²) < 4.78 is 5.54. The predicted molar refractivity (Wildman–Crippen MR) is 53.7 cm³/mol. The zero-order valence-corrected chi connectivity index (χ0v) is 7.98. The molecule has 1 aliphatic carbocycles. The molecule has 0 radical (unpaired) electrons. The Morgan fingerprint density at radius 1 is 1.08 bits per heavy atom. The van der Waals surface area contributed by atoms with E-state index in [9.17, 15) is 0 Å². The number of hydrogen-bond acceptors (Lipinski definition) is 2. The van der Waals surface area contributed by atoms with Crippen molar-refractivity contribution in [3.05, 3.63) is 12.5 Å². The Morgan fingerprint density at radius 3 is 2.46 bits per heavy atom. The largest absolute Gasteiger partial charge is 0.490 e. The van der Waals surface area contributed by atoms with Gasteiger partial charge in [-0.3, -0.25) is 4.99 Å². The van der Waals surface area contributed by atoms with Crippen LogP contribution in [0.5, 0.6) is 0 Å². The maximum absolute atomic E-state index is 5.54. The Kier molecular flexibility index (Phi) is 3.01. The van der Waals surface area contributed by atoms with Crippen LogP contribution in [0.3, 0.4) is 0 Å². The molecule has 2 heteroatoms. The molecular weight excluding hydrogens is 162 g/mol. The highest BCUT2D eigenvalue weighted by atomic mass is 16.5. The summed E-state index contributed by atoms with van der Waals surface area (Å²) in [7, 11) is 0. The lowest BCUT2D eigenvalue weighted by atomic mass is 9.94. The van der Waals surface area contributed by atoms with E-state index in [0.29, 0.717) is 5.92 Å². The Hall–Kier alpha value is -0.790. The summed E-state index contributed by atoms with van der Waals surface area (Å²) in [5.74, 6) is 0.705. The average Bonchev–Trinajstić information content (AvgIpc) is 2.47. The van der Waals surface area contributed by atoms with Crippen LogP contribution in [0.4, 0.5) is 0 Å². The third kappa shape index (κ3) is 2.33. The number of hydrogen-bond donors (Lipinski definition) is 0. The lowest BCUT2D eigenvalue weighted by Crippen LogP contribution is -2.24. The molecule has 2 aliphatic rings. The normalized spacial score (nSPS) is 29.7. The van der Waals surface area contributed by atoms with Crippen molar-refractivity contribution in [1.29, 1.82) is 0 Å². The van der Waals surface area contributed by atoms with Crippen LogP contribution in [0.25, 0.3) is 0 Å². The zero-order chi connectivity index (χ0) is 8.93. The number of aliphatic imine (C=N–C) groups is 1. The minimum Gasteiger partial charge on any atom is -0.490 e. The van der Waals surface area contributed by atoms with E-state index in [1.54, 1.807) is 12.5 Å². The van der Waals surface area contributed by atoms with Gasteiger partial charge in [0.25, 0.3) is 0 Å². The van der Waals surface area contributed by atoms with Gasteiger partial charge in [0.2, 0.25) is 0 Å². The van der Waals surface area contributed by atoms with Gasteiger partial charge in [-0.1, -0.05) is 25.7 Å². The Morgan fingerprint density at radius 2 is 1.85 bits per heavy atom. The smallest absolute Gasteiger partial charge is 0.136 e. The molecule has 1 saturated carbocycles. The highest BCUT2D eigenvalue weighted by Crippen LogP contribution is 2.27. The van der Waals surface area contributed by atoms with Gasteiger partial charge in [-0.2, -0.15) is 0 Å². The zero-order valence-electron chi connectivity index (χ0n) is 7.98. The number of rotatable bonds is 1. The van der Waals surface area contributed by atoms with Crippen molar-refractivity contribution in [2.45, 2.75) is 44.6 Å². The summed E-state index contributed by atoms with van der Waals surface area (Å²) in [5.41, 5.74) is 0. The topological polar surface area (TPSA) is 21.6 Å². The van der Waals surface area contributed by atoms with Crippen molar-refractivity contribution < 1.29 is 4.74 Å². The first kappa shape index (κ1) is 8.79. The van der Waals surface area contributed by atoms with E-state index in [0.717, 1.165) is 0 Å². The van der Waals surface area contributed by atoms with E-state index in [1.165, 1.54) is 38.5 Å². The van der Waals surface area contributed by atoms with Gasteiger partial charge in [0.05, 0.1) is 6.20 Å². The third-order valence-corrected chi connectivity index (χ3v) is 2.98. The second-order valence-electron chi connectivity index (χ2n) is 3.94. The average molecular weight is 179 g/mol. The summed E-state index contributed by atoms with van der Waals surface area (Å²) in [4.78, 5) is 4.13. The molecule has 0 aromatic rings. The van der Waals surface area contributed by atoms with E-state index in [1.807, 2.05) is 6.21 Å². The van der Waals surface area contributed by atoms with Gasteiger partial charge in [0.15, 0.2) is 0 Å². The minimum atomic E-state index is 0.253. The molecule has 2 rings (SSSR count). The molecule has 0 bridgehead atoms. The van der Waals surface area contributed by atoms with Gasteiger partial charge in [0.1, 0.15) is 12.4 Å². The van der Waals surface area contributed by atoms with Crippen molar-refractivity contribution in [2.75, 3.05) is 0 Å². The van der Waals surface area contributed by atoms with E-state index >= 15 is 0 Å². The summed E-state index contributed by atoms with van der Waals surface area (Å²) in [6.07, 6.45) is 13.8. The molecule has 0 aromatic heterocycles. The second-order valence-corrected chi connectivity index (χ2v) is 3.94. The lowest BCUT2D eigenvalue weighted by molar-refractivity contribution is 0.134. The van der Waals surface area contributed by atoms with Crippen LogP contribution in [0.1, 0.15) is 38.5 Å². The van der Waals surface area contributed by atoms with Gasteiger partial charge in [-0.25, -0.2) is 0 Å². The maximum Gasteiger partial charge on any atom is 0.136 e. The molecule has 1 atom stereocenters. The Labute approximate surface area is 79.7 Å². The Bertz CT molecular complexity index is 202. The number of ether oxygens (including phenoxy) is 1. The summed E-state index contributed by atoms with van der Waals surface area (Å²) in [5, 5.41) is 0. The van der Waals surface area contributed by atoms with Crippen molar-refractivity contribution >= 4 is 6.21 Å². The molecule has 1 fully saturated rings. The van der Waals surface area contributed by atoms with Crippen LogP contribution in [0, 0.1) is 5.92 Å². The van der Waals surface area contributed by atoms with Gasteiger partial charge >= 0.3 is 0 Å². The Balaban J connectivity index is 1.90. The molecule has 2 nitrogen and oxygen atoms in total. The molecule has 1 aliphatic heterocycles. The molecule has 13 heavy (non-hydrogen) atoms.